The van der Waals surface area contributed by atoms with E-state index >= 15 is 0 Å². The van der Waals surface area contributed by atoms with Gasteiger partial charge in [0, 0.05) is 12.1 Å². The number of aromatic amines is 1. The van der Waals surface area contributed by atoms with Gasteiger partial charge in [-0.1, -0.05) is 18.2 Å². The minimum Gasteiger partial charge on any atom is -0.342 e. The number of carbonyl (C=O) groups is 1. The lowest BCUT2D eigenvalue weighted by molar-refractivity contribution is 0.0938. The summed E-state index contributed by atoms with van der Waals surface area (Å²) in [6, 6.07) is 13.0. The normalized spacial score (nSPS) is 12.6. The molecule has 3 rings (SSSR count). The fourth-order valence-corrected chi connectivity index (χ4v) is 3.56. The zero-order valence-corrected chi connectivity index (χ0v) is 15.6. The molecule has 1 aromatic heterocycles. The lowest BCUT2D eigenvalue weighted by Gasteiger charge is -2.12. The van der Waals surface area contributed by atoms with Crippen LogP contribution in [-0.4, -0.2) is 30.8 Å². The van der Waals surface area contributed by atoms with E-state index < -0.39 is 10.0 Å². The molecule has 3 N–H and O–H groups in total. The number of nitrogens with one attached hydrogen (secondary N) is 3. The van der Waals surface area contributed by atoms with Gasteiger partial charge in [-0.2, -0.15) is 0 Å². The number of imidazole rings is 1. The fourth-order valence-electron chi connectivity index (χ4n) is 2.56. The molecule has 0 aliphatic heterocycles. The van der Waals surface area contributed by atoms with Crippen LogP contribution in [-0.2, 0) is 10.0 Å². The molecule has 0 fully saturated rings. The van der Waals surface area contributed by atoms with E-state index in [1.165, 1.54) is 30.3 Å². The number of nitrogens with zero attached hydrogens (tertiary/aromatic N) is 1. The van der Waals surface area contributed by atoms with Gasteiger partial charge in [0.15, 0.2) is 0 Å². The third-order valence-electron chi connectivity index (χ3n) is 4.01. The van der Waals surface area contributed by atoms with E-state index in [1.807, 2.05) is 31.2 Å². The second kappa shape index (κ2) is 7.73. The second-order valence-electron chi connectivity index (χ2n) is 6.00. The molecule has 8 heteroatoms. The van der Waals surface area contributed by atoms with E-state index in [1.54, 1.807) is 0 Å². The number of hydrogen-bond acceptors (Lipinski definition) is 4. The lowest BCUT2D eigenvalue weighted by Crippen LogP contribution is -2.27. The van der Waals surface area contributed by atoms with Crippen LogP contribution in [0.3, 0.4) is 0 Å². The van der Waals surface area contributed by atoms with Crippen molar-refractivity contribution in [2.45, 2.75) is 17.9 Å². The molecule has 27 heavy (non-hydrogen) atoms. The molecular weight excluding hydrogens is 364 g/mol. The Balaban J connectivity index is 1.71. The minimum absolute atomic E-state index is 0.0891. The summed E-state index contributed by atoms with van der Waals surface area (Å²) in [4.78, 5) is 20.2. The van der Waals surface area contributed by atoms with Gasteiger partial charge in [-0.25, -0.2) is 18.1 Å². The Morgan fingerprint density at radius 3 is 2.59 bits per heavy atom. The largest absolute Gasteiger partial charge is 0.342 e. The summed E-state index contributed by atoms with van der Waals surface area (Å²) >= 11 is 0. The highest BCUT2D eigenvalue weighted by Gasteiger charge is 2.17. The Labute approximate surface area is 157 Å². The summed E-state index contributed by atoms with van der Waals surface area (Å²) in [5, 5.41) is 2.85. The van der Waals surface area contributed by atoms with Gasteiger partial charge in [-0.15, -0.1) is 6.58 Å². The van der Waals surface area contributed by atoms with Crippen LogP contribution >= 0.6 is 0 Å². The van der Waals surface area contributed by atoms with Gasteiger partial charge in [0.1, 0.15) is 5.82 Å². The average Bonchev–Trinajstić information content (AvgIpc) is 3.11. The van der Waals surface area contributed by atoms with Crippen molar-refractivity contribution in [3.63, 3.8) is 0 Å². The van der Waals surface area contributed by atoms with Crippen LogP contribution in [0.4, 0.5) is 0 Å². The molecule has 7 nitrogen and oxygen atoms in total. The number of fused-ring (bicyclic) bond motifs is 1. The van der Waals surface area contributed by atoms with Gasteiger partial charge >= 0.3 is 0 Å². The Bertz CT molecular complexity index is 1040. The summed E-state index contributed by atoms with van der Waals surface area (Å²) in [5.41, 5.74) is 2.09. The molecule has 1 atom stereocenters. The first-order valence-corrected chi connectivity index (χ1v) is 9.85. The van der Waals surface area contributed by atoms with Crippen LogP contribution in [0, 0.1) is 0 Å². The van der Waals surface area contributed by atoms with E-state index in [0.29, 0.717) is 11.4 Å². The number of aromatic nitrogens is 2. The molecule has 0 radical (unpaired) electrons. The Morgan fingerprint density at radius 2 is 1.93 bits per heavy atom. The van der Waals surface area contributed by atoms with E-state index in [2.05, 4.69) is 26.6 Å². The third kappa shape index (κ3) is 4.24. The molecule has 0 unspecified atom stereocenters. The number of carbonyl (C=O) groups excluding carboxylic acids is 1. The average molecular weight is 384 g/mol. The maximum atomic E-state index is 12.4. The molecule has 3 aromatic rings. The molecule has 0 spiro atoms. The van der Waals surface area contributed by atoms with Crippen molar-refractivity contribution < 1.29 is 13.2 Å². The molecule has 140 valence electrons. The van der Waals surface area contributed by atoms with Crippen molar-refractivity contribution in [1.82, 2.24) is 20.0 Å². The molecule has 1 heterocycles. The molecule has 0 saturated carbocycles. The van der Waals surface area contributed by atoms with Crippen LogP contribution in [0.1, 0.15) is 29.1 Å². The summed E-state index contributed by atoms with van der Waals surface area (Å²) in [5.74, 6) is 0.336. The first kappa shape index (κ1) is 18.8. The fraction of sp³-hybridized carbons (Fsp3) is 0.158. The first-order valence-electron chi connectivity index (χ1n) is 8.37. The molecule has 0 bridgehead atoms. The standard InChI is InChI=1S/C19H20N4O3S/c1-3-12-20-27(25,26)15-10-8-14(9-11-15)19(24)21-13(2)18-22-16-6-4-5-7-17(16)23-18/h3-11,13,20H,1,12H2,2H3,(H,21,24)(H,22,23)/t13-/m0/s1. The van der Waals surface area contributed by atoms with Crippen molar-refractivity contribution in [3.05, 3.63) is 72.6 Å². The number of H-pyrrole nitrogens is 1. The van der Waals surface area contributed by atoms with Crippen LogP contribution in [0.15, 0.2) is 66.1 Å². The summed E-state index contributed by atoms with van der Waals surface area (Å²) in [6.07, 6.45) is 1.46. The number of amides is 1. The van der Waals surface area contributed by atoms with Gasteiger partial charge in [-0.05, 0) is 43.3 Å². The van der Waals surface area contributed by atoms with Crippen LogP contribution in [0.2, 0.25) is 0 Å². The topological polar surface area (TPSA) is 104 Å². The number of rotatable bonds is 7. The monoisotopic (exact) mass is 384 g/mol. The number of para-hydroxylation sites is 2. The highest BCUT2D eigenvalue weighted by Crippen LogP contribution is 2.16. The molecular formula is C19H20N4O3S. The maximum absolute atomic E-state index is 12.4. The lowest BCUT2D eigenvalue weighted by atomic mass is 10.2. The Kier molecular flexibility index (Phi) is 5.38. The highest BCUT2D eigenvalue weighted by molar-refractivity contribution is 7.89. The molecule has 0 aliphatic carbocycles. The van der Waals surface area contributed by atoms with Crippen molar-refractivity contribution in [2.24, 2.45) is 0 Å². The quantitative estimate of drug-likeness (QED) is 0.545. The van der Waals surface area contributed by atoms with E-state index in [4.69, 9.17) is 0 Å². The summed E-state index contributed by atoms with van der Waals surface area (Å²) in [6.45, 7) is 5.44. The zero-order chi connectivity index (χ0) is 19.4. The Hall–Kier alpha value is -2.97. The summed E-state index contributed by atoms with van der Waals surface area (Å²) < 4.78 is 26.5. The van der Waals surface area contributed by atoms with Gasteiger partial charge in [-0.3, -0.25) is 4.79 Å². The van der Waals surface area contributed by atoms with Gasteiger partial charge < -0.3 is 10.3 Å². The number of hydrogen-bond donors (Lipinski definition) is 3. The summed E-state index contributed by atoms with van der Waals surface area (Å²) in [7, 11) is -3.61. The minimum atomic E-state index is -3.61. The van der Waals surface area contributed by atoms with Crippen LogP contribution in [0.25, 0.3) is 11.0 Å². The Morgan fingerprint density at radius 1 is 1.22 bits per heavy atom. The van der Waals surface area contributed by atoms with Gasteiger partial charge in [0.05, 0.1) is 22.0 Å². The maximum Gasteiger partial charge on any atom is 0.251 e. The number of sulfonamides is 1. The molecule has 2 aromatic carbocycles. The SMILES string of the molecule is C=CCNS(=O)(=O)c1ccc(C(=O)N[C@@H](C)c2nc3ccccc3[nH]2)cc1. The van der Waals surface area contributed by atoms with Crippen LogP contribution < -0.4 is 10.0 Å². The van der Waals surface area contributed by atoms with Crippen molar-refractivity contribution in [3.8, 4) is 0 Å². The second-order valence-corrected chi connectivity index (χ2v) is 7.77. The van der Waals surface area contributed by atoms with Gasteiger partial charge in [0.2, 0.25) is 10.0 Å². The van der Waals surface area contributed by atoms with Crippen molar-refractivity contribution >= 4 is 27.0 Å². The third-order valence-corrected chi connectivity index (χ3v) is 5.45. The predicted octanol–water partition coefficient (Wildman–Crippen LogP) is 2.52. The zero-order valence-electron chi connectivity index (χ0n) is 14.8. The van der Waals surface area contributed by atoms with E-state index in [9.17, 15) is 13.2 Å². The van der Waals surface area contributed by atoms with Gasteiger partial charge in [0.25, 0.3) is 5.91 Å². The number of benzene rings is 2. The highest BCUT2D eigenvalue weighted by atomic mass is 32.2. The first-order chi connectivity index (χ1) is 12.9. The molecule has 1 amide bonds. The van der Waals surface area contributed by atoms with E-state index in [-0.39, 0.29) is 23.4 Å². The molecule has 0 aliphatic rings. The van der Waals surface area contributed by atoms with Crippen molar-refractivity contribution in [1.29, 1.82) is 0 Å². The van der Waals surface area contributed by atoms with Crippen LogP contribution in [0.5, 0.6) is 0 Å². The van der Waals surface area contributed by atoms with Crippen molar-refractivity contribution in [2.75, 3.05) is 6.54 Å². The molecule has 0 saturated heterocycles. The smallest absolute Gasteiger partial charge is 0.251 e. The predicted molar refractivity (Wildman–Crippen MR) is 104 cm³/mol. The van der Waals surface area contributed by atoms with E-state index in [0.717, 1.165) is 11.0 Å².